The Labute approximate surface area is 93.2 Å². The van der Waals surface area contributed by atoms with Gasteiger partial charge in [0.15, 0.2) is 5.78 Å². The predicted molar refractivity (Wildman–Crippen MR) is 58.0 cm³/mol. The van der Waals surface area contributed by atoms with E-state index in [1.54, 1.807) is 6.92 Å². The number of Topliss-reactive ketones (excluding diaryl/α,β-unsaturated/α-hetero) is 1. The van der Waals surface area contributed by atoms with Gasteiger partial charge in [0.25, 0.3) is 0 Å². The molecule has 0 bridgehead atoms. The molecule has 0 N–H and O–H groups in total. The molecule has 3 heteroatoms. The molecule has 1 aromatic rings. The Hall–Kier alpha value is -0.890. The van der Waals surface area contributed by atoms with E-state index >= 15 is 0 Å². The van der Waals surface area contributed by atoms with Crippen LogP contribution < -0.4 is 0 Å². The molecule has 0 radical (unpaired) electrons. The molecule has 1 aliphatic carbocycles. The van der Waals surface area contributed by atoms with Gasteiger partial charge in [-0.2, -0.15) is 0 Å². The zero-order chi connectivity index (χ0) is 11.0. The zero-order valence-corrected chi connectivity index (χ0v) is 9.33. The highest BCUT2D eigenvalue weighted by atomic mass is 35.5. The third kappa shape index (κ3) is 1.78. The number of halogens is 2. The van der Waals surface area contributed by atoms with Crippen molar-refractivity contribution in [3.8, 4) is 0 Å². The Morgan fingerprint density at radius 3 is 2.73 bits per heavy atom. The highest BCUT2D eigenvalue weighted by molar-refractivity contribution is 6.32. The van der Waals surface area contributed by atoms with Crippen LogP contribution in [0.1, 0.15) is 40.7 Å². The molecule has 15 heavy (non-hydrogen) atoms. The van der Waals surface area contributed by atoms with Gasteiger partial charge in [-0.05, 0) is 43.4 Å². The third-order valence-electron chi connectivity index (χ3n) is 2.94. The van der Waals surface area contributed by atoms with Crippen molar-refractivity contribution in [1.29, 1.82) is 0 Å². The van der Waals surface area contributed by atoms with E-state index in [-0.39, 0.29) is 11.6 Å². The van der Waals surface area contributed by atoms with Gasteiger partial charge in [0.1, 0.15) is 5.82 Å². The Kier molecular flexibility index (Phi) is 2.79. The quantitative estimate of drug-likeness (QED) is 0.617. The van der Waals surface area contributed by atoms with Crippen LogP contribution in [0.4, 0.5) is 4.39 Å². The molecule has 0 fully saturated rings. The zero-order valence-electron chi connectivity index (χ0n) is 8.57. The molecule has 0 atom stereocenters. The first-order chi connectivity index (χ1) is 7.11. The first-order valence-electron chi connectivity index (χ1n) is 5.12. The van der Waals surface area contributed by atoms with Crippen molar-refractivity contribution in [3.63, 3.8) is 0 Å². The summed E-state index contributed by atoms with van der Waals surface area (Å²) < 4.78 is 13.4. The lowest BCUT2D eigenvalue weighted by Crippen LogP contribution is -2.06. The molecule has 0 heterocycles. The first kappa shape index (κ1) is 10.6. The molecule has 0 saturated heterocycles. The summed E-state index contributed by atoms with van der Waals surface area (Å²) in [6, 6.07) is 1.31. The monoisotopic (exact) mass is 226 g/mol. The minimum Gasteiger partial charge on any atom is -0.294 e. The lowest BCUT2D eigenvalue weighted by atomic mass is 9.96. The molecule has 0 amide bonds. The fourth-order valence-electron chi connectivity index (χ4n) is 2.11. The number of fused-ring (bicyclic) bond motifs is 1. The number of hydrogen-bond donors (Lipinski definition) is 0. The van der Waals surface area contributed by atoms with E-state index in [0.29, 0.717) is 22.6 Å². The fourth-order valence-corrected chi connectivity index (χ4v) is 2.39. The topological polar surface area (TPSA) is 17.1 Å². The van der Waals surface area contributed by atoms with Gasteiger partial charge < -0.3 is 0 Å². The lowest BCUT2D eigenvalue weighted by molar-refractivity contribution is 0.0981. The summed E-state index contributed by atoms with van der Waals surface area (Å²) in [6.07, 6.45) is 3.10. The predicted octanol–water partition coefficient (Wildman–Crippen LogP) is 3.70. The number of carbonyl (C=O) groups excluding carboxylic acids is 1. The number of ketones is 1. The number of hydrogen-bond acceptors (Lipinski definition) is 1. The smallest absolute Gasteiger partial charge is 0.163 e. The number of benzene rings is 1. The van der Waals surface area contributed by atoms with Gasteiger partial charge in [-0.3, -0.25) is 4.79 Å². The van der Waals surface area contributed by atoms with Crippen LogP contribution in [-0.4, -0.2) is 5.78 Å². The van der Waals surface area contributed by atoms with Crippen molar-refractivity contribution in [3.05, 3.63) is 33.6 Å². The van der Waals surface area contributed by atoms with Crippen molar-refractivity contribution in [2.75, 3.05) is 0 Å². The second kappa shape index (κ2) is 3.93. The molecular weight excluding hydrogens is 215 g/mol. The van der Waals surface area contributed by atoms with Crippen LogP contribution in [0.25, 0.3) is 0 Å². The van der Waals surface area contributed by atoms with E-state index in [0.717, 1.165) is 24.8 Å². The summed E-state index contributed by atoms with van der Waals surface area (Å²) in [4.78, 5) is 11.8. The largest absolute Gasteiger partial charge is 0.294 e. The van der Waals surface area contributed by atoms with Crippen LogP contribution in [0.5, 0.6) is 0 Å². The Balaban J connectivity index is 2.69. The standard InChI is InChI=1S/C12H12ClFO/c1-7-10(14)6-9(13)8-4-2-3-5-11(15)12(7)8/h6H,2-5H2,1H3. The number of carbonyl (C=O) groups is 1. The molecule has 0 aliphatic heterocycles. The van der Waals surface area contributed by atoms with Crippen LogP contribution in [0.3, 0.4) is 0 Å². The average Bonchev–Trinajstić information content (AvgIpc) is 2.37. The van der Waals surface area contributed by atoms with Gasteiger partial charge in [0.05, 0.1) is 0 Å². The van der Waals surface area contributed by atoms with Gasteiger partial charge in [-0.25, -0.2) is 4.39 Å². The average molecular weight is 227 g/mol. The molecule has 2 rings (SSSR count). The van der Waals surface area contributed by atoms with Crippen LogP contribution in [0, 0.1) is 12.7 Å². The van der Waals surface area contributed by atoms with E-state index in [9.17, 15) is 9.18 Å². The lowest BCUT2D eigenvalue weighted by Gasteiger charge is -2.11. The van der Waals surface area contributed by atoms with Crippen LogP contribution in [0.15, 0.2) is 6.07 Å². The summed E-state index contributed by atoms with van der Waals surface area (Å²) in [5.41, 5.74) is 1.80. The molecule has 1 nitrogen and oxygen atoms in total. The SMILES string of the molecule is Cc1c(F)cc(Cl)c2c1C(=O)CCCC2. The Morgan fingerprint density at radius 1 is 1.33 bits per heavy atom. The summed E-state index contributed by atoms with van der Waals surface area (Å²) >= 11 is 5.97. The van der Waals surface area contributed by atoms with Crippen molar-refractivity contribution >= 4 is 17.4 Å². The van der Waals surface area contributed by atoms with Gasteiger partial charge in [0, 0.05) is 17.0 Å². The molecule has 0 aromatic heterocycles. The molecule has 1 aliphatic rings. The van der Waals surface area contributed by atoms with Crippen molar-refractivity contribution in [1.82, 2.24) is 0 Å². The normalized spacial score (nSPS) is 16.1. The van der Waals surface area contributed by atoms with Gasteiger partial charge in [-0.15, -0.1) is 0 Å². The molecule has 0 unspecified atom stereocenters. The summed E-state index contributed by atoms with van der Waals surface area (Å²) in [6.45, 7) is 1.65. The van der Waals surface area contributed by atoms with E-state index in [1.165, 1.54) is 6.07 Å². The van der Waals surface area contributed by atoms with Gasteiger partial charge >= 0.3 is 0 Å². The molecule has 0 saturated carbocycles. The molecular formula is C12H12ClFO. The highest BCUT2D eigenvalue weighted by Gasteiger charge is 2.22. The second-order valence-electron chi connectivity index (χ2n) is 3.95. The van der Waals surface area contributed by atoms with Crippen molar-refractivity contribution in [2.45, 2.75) is 32.6 Å². The van der Waals surface area contributed by atoms with Crippen LogP contribution in [-0.2, 0) is 6.42 Å². The summed E-state index contributed by atoms with van der Waals surface area (Å²) in [7, 11) is 0. The highest BCUT2D eigenvalue weighted by Crippen LogP contribution is 2.31. The van der Waals surface area contributed by atoms with Crippen molar-refractivity contribution in [2.24, 2.45) is 0 Å². The Bertz CT molecular complexity index is 426. The summed E-state index contributed by atoms with van der Waals surface area (Å²) in [5, 5.41) is 0.392. The maximum Gasteiger partial charge on any atom is 0.163 e. The molecule has 0 spiro atoms. The fraction of sp³-hybridized carbons (Fsp3) is 0.417. The van der Waals surface area contributed by atoms with E-state index < -0.39 is 0 Å². The summed E-state index contributed by atoms with van der Waals surface area (Å²) in [5.74, 6) is -0.351. The van der Waals surface area contributed by atoms with Crippen LogP contribution in [0.2, 0.25) is 5.02 Å². The maximum atomic E-state index is 13.4. The molecule has 80 valence electrons. The van der Waals surface area contributed by atoms with E-state index in [2.05, 4.69) is 0 Å². The third-order valence-corrected chi connectivity index (χ3v) is 3.27. The van der Waals surface area contributed by atoms with E-state index in [1.807, 2.05) is 0 Å². The van der Waals surface area contributed by atoms with Gasteiger partial charge in [0.2, 0.25) is 0 Å². The Morgan fingerprint density at radius 2 is 2.00 bits per heavy atom. The van der Waals surface area contributed by atoms with Crippen LogP contribution >= 0.6 is 11.6 Å². The van der Waals surface area contributed by atoms with Gasteiger partial charge in [-0.1, -0.05) is 11.6 Å². The van der Waals surface area contributed by atoms with Crippen molar-refractivity contribution < 1.29 is 9.18 Å². The minimum atomic E-state index is -0.381. The maximum absolute atomic E-state index is 13.4. The first-order valence-corrected chi connectivity index (χ1v) is 5.49. The van der Waals surface area contributed by atoms with E-state index in [4.69, 9.17) is 11.6 Å². The second-order valence-corrected chi connectivity index (χ2v) is 4.36. The number of rotatable bonds is 0. The molecule has 1 aromatic carbocycles. The minimum absolute atomic E-state index is 0.0291.